The van der Waals surface area contributed by atoms with Gasteiger partial charge in [-0.1, -0.05) is 31.9 Å². The summed E-state index contributed by atoms with van der Waals surface area (Å²) in [5.41, 5.74) is 0. The minimum atomic E-state index is -3.31. The average molecular weight is 315 g/mol. The van der Waals surface area contributed by atoms with Gasteiger partial charge in [-0.3, -0.25) is 4.98 Å². The van der Waals surface area contributed by atoms with Gasteiger partial charge in [0.1, 0.15) is 0 Å². The van der Waals surface area contributed by atoms with Crippen LogP contribution in [0.2, 0.25) is 0 Å². The second-order valence-corrected chi connectivity index (χ2v) is 8.30. The maximum Gasteiger partial charge on any atom is 0.202 e. The van der Waals surface area contributed by atoms with Gasteiger partial charge in [-0.25, -0.2) is 8.42 Å². The van der Waals surface area contributed by atoms with Crippen LogP contribution in [0, 0.1) is 0 Å². The van der Waals surface area contributed by atoms with Gasteiger partial charge in [-0.15, -0.1) is 0 Å². The first-order valence-corrected chi connectivity index (χ1v) is 6.35. The third-order valence-electron chi connectivity index (χ3n) is 1.20. The molecule has 0 fully saturated rings. The number of hydrogen-bond donors (Lipinski definition) is 0. The SMILES string of the molecule is O=S(=O)(c1cccnc1)C(Br)Br. The van der Waals surface area contributed by atoms with E-state index in [1.807, 2.05) is 0 Å². The molecule has 0 aliphatic rings. The molecule has 0 atom stereocenters. The number of alkyl halides is 2. The van der Waals surface area contributed by atoms with Crippen molar-refractivity contribution < 1.29 is 8.42 Å². The molecule has 1 aromatic heterocycles. The predicted molar refractivity (Wildman–Crippen MR) is 53.1 cm³/mol. The molecule has 1 rings (SSSR count). The van der Waals surface area contributed by atoms with Crippen molar-refractivity contribution in [3.8, 4) is 0 Å². The molecule has 12 heavy (non-hydrogen) atoms. The standard InChI is InChI=1S/C6H5Br2NO2S/c7-6(8)12(10,11)5-2-1-3-9-4-5/h1-4,6H. The summed E-state index contributed by atoms with van der Waals surface area (Å²) in [5.74, 6) is 0. The van der Waals surface area contributed by atoms with Gasteiger partial charge in [0.2, 0.25) is 9.84 Å². The highest BCUT2D eigenvalue weighted by Gasteiger charge is 2.21. The maximum absolute atomic E-state index is 11.4. The fourth-order valence-corrected chi connectivity index (χ4v) is 2.59. The lowest BCUT2D eigenvalue weighted by Gasteiger charge is -2.02. The van der Waals surface area contributed by atoms with Crippen LogP contribution in [0.4, 0.5) is 0 Å². The fourth-order valence-electron chi connectivity index (χ4n) is 0.618. The lowest BCUT2D eigenvalue weighted by Crippen LogP contribution is -2.08. The highest BCUT2D eigenvalue weighted by Crippen LogP contribution is 2.23. The molecule has 1 aromatic rings. The van der Waals surface area contributed by atoms with E-state index in [0.29, 0.717) is 0 Å². The van der Waals surface area contributed by atoms with Crippen molar-refractivity contribution in [2.75, 3.05) is 0 Å². The minimum Gasteiger partial charge on any atom is -0.263 e. The lowest BCUT2D eigenvalue weighted by molar-refractivity contribution is 0.599. The maximum atomic E-state index is 11.4. The molecule has 0 N–H and O–H groups in total. The normalized spacial score (nSPS) is 11.9. The second-order valence-electron chi connectivity index (χ2n) is 1.99. The van der Waals surface area contributed by atoms with Crippen LogP contribution in [0.15, 0.2) is 29.4 Å². The summed E-state index contributed by atoms with van der Waals surface area (Å²) in [6.45, 7) is 0. The largest absolute Gasteiger partial charge is 0.263 e. The summed E-state index contributed by atoms with van der Waals surface area (Å²) in [6.07, 6.45) is 2.83. The molecule has 0 unspecified atom stereocenters. The summed E-state index contributed by atoms with van der Waals surface area (Å²) >= 11 is 5.87. The molecule has 0 aliphatic carbocycles. The quantitative estimate of drug-likeness (QED) is 0.784. The van der Waals surface area contributed by atoms with Gasteiger partial charge in [0.25, 0.3) is 0 Å². The molecule has 0 amide bonds. The summed E-state index contributed by atoms with van der Waals surface area (Å²) < 4.78 is 22.0. The lowest BCUT2D eigenvalue weighted by atomic mass is 10.5. The Hall–Kier alpha value is 0.0600. The van der Waals surface area contributed by atoms with E-state index >= 15 is 0 Å². The van der Waals surface area contributed by atoms with Crippen LogP contribution in [-0.4, -0.2) is 16.5 Å². The zero-order chi connectivity index (χ0) is 9.19. The van der Waals surface area contributed by atoms with Gasteiger partial charge in [0.15, 0.2) is 3.07 Å². The van der Waals surface area contributed by atoms with Crippen LogP contribution < -0.4 is 0 Å². The smallest absolute Gasteiger partial charge is 0.202 e. The first-order chi connectivity index (χ1) is 5.55. The van der Waals surface area contributed by atoms with E-state index in [9.17, 15) is 8.42 Å². The van der Waals surface area contributed by atoms with Crippen LogP contribution in [0.1, 0.15) is 0 Å². The second kappa shape index (κ2) is 3.85. The summed E-state index contributed by atoms with van der Waals surface area (Å²) in [5, 5.41) is 0. The van der Waals surface area contributed by atoms with Crippen molar-refractivity contribution >= 4 is 41.7 Å². The van der Waals surface area contributed by atoms with Gasteiger partial charge in [-0.05, 0) is 12.1 Å². The van der Waals surface area contributed by atoms with E-state index in [1.165, 1.54) is 18.5 Å². The van der Waals surface area contributed by atoms with Gasteiger partial charge in [-0.2, -0.15) is 0 Å². The van der Waals surface area contributed by atoms with Crippen molar-refractivity contribution in [1.29, 1.82) is 0 Å². The minimum absolute atomic E-state index is 0.198. The van der Waals surface area contributed by atoms with Crippen LogP contribution in [-0.2, 0) is 9.84 Å². The van der Waals surface area contributed by atoms with Crippen molar-refractivity contribution in [3.63, 3.8) is 0 Å². The van der Waals surface area contributed by atoms with Crippen LogP contribution in [0.3, 0.4) is 0 Å². The number of aromatic nitrogens is 1. The number of pyridine rings is 1. The van der Waals surface area contributed by atoms with Crippen molar-refractivity contribution in [2.45, 2.75) is 7.96 Å². The van der Waals surface area contributed by atoms with Crippen molar-refractivity contribution in [3.05, 3.63) is 24.5 Å². The van der Waals surface area contributed by atoms with E-state index in [4.69, 9.17) is 0 Å². The summed E-state index contributed by atoms with van der Waals surface area (Å²) in [6, 6.07) is 3.08. The van der Waals surface area contributed by atoms with E-state index in [0.717, 1.165) is 0 Å². The average Bonchev–Trinajstić information content (AvgIpc) is 2.06. The fraction of sp³-hybridized carbons (Fsp3) is 0.167. The first kappa shape index (κ1) is 10.1. The molecule has 0 radical (unpaired) electrons. The molecule has 0 spiro atoms. The number of hydrogen-bond acceptors (Lipinski definition) is 3. The van der Waals surface area contributed by atoms with E-state index in [1.54, 1.807) is 6.07 Å². The van der Waals surface area contributed by atoms with Gasteiger partial charge < -0.3 is 0 Å². The van der Waals surface area contributed by atoms with Crippen LogP contribution in [0.25, 0.3) is 0 Å². The highest BCUT2D eigenvalue weighted by atomic mass is 79.9. The Labute approximate surface area is 87.4 Å². The number of sulfone groups is 1. The molecule has 1 heterocycles. The molecular formula is C6H5Br2NO2S. The molecule has 0 saturated carbocycles. The number of nitrogens with zero attached hydrogens (tertiary/aromatic N) is 1. The van der Waals surface area contributed by atoms with Crippen LogP contribution >= 0.6 is 31.9 Å². The topological polar surface area (TPSA) is 47.0 Å². The Bertz CT molecular complexity index is 349. The van der Waals surface area contributed by atoms with E-state index < -0.39 is 12.9 Å². The molecule has 6 heteroatoms. The Balaban J connectivity index is 3.17. The summed E-state index contributed by atoms with van der Waals surface area (Å²) in [7, 11) is -3.31. The molecule has 0 bridgehead atoms. The first-order valence-electron chi connectivity index (χ1n) is 2.97. The van der Waals surface area contributed by atoms with Gasteiger partial charge in [0.05, 0.1) is 4.90 Å². The molecule has 66 valence electrons. The highest BCUT2D eigenvalue weighted by molar-refractivity contribution is 9.27. The molecule has 0 aromatic carbocycles. The van der Waals surface area contributed by atoms with E-state index in [-0.39, 0.29) is 4.90 Å². The number of rotatable bonds is 2. The van der Waals surface area contributed by atoms with Crippen LogP contribution in [0.5, 0.6) is 0 Å². The third kappa shape index (κ3) is 2.05. The Morgan fingerprint density at radius 2 is 2.08 bits per heavy atom. The number of halogens is 2. The molecule has 3 nitrogen and oxygen atoms in total. The van der Waals surface area contributed by atoms with Crippen molar-refractivity contribution in [2.24, 2.45) is 0 Å². The Morgan fingerprint density at radius 1 is 1.42 bits per heavy atom. The molecule has 0 aliphatic heterocycles. The van der Waals surface area contributed by atoms with Gasteiger partial charge >= 0.3 is 0 Å². The summed E-state index contributed by atoms with van der Waals surface area (Å²) in [4.78, 5) is 3.91. The van der Waals surface area contributed by atoms with E-state index in [2.05, 4.69) is 36.8 Å². The monoisotopic (exact) mass is 313 g/mol. The Kier molecular flexibility index (Phi) is 3.25. The third-order valence-corrected chi connectivity index (χ3v) is 5.52. The van der Waals surface area contributed by atoms with Crippen molar-refractivity contribution in [1.82, 2.24) is 4.98 Å². The molecular weight excluding hydrogens is 310 g/mol. The predicted octanol–water partition coefficient (Wildman–Crippen LogP) is 1.93. The molecule has 0 saturated heterocycles. The van der Waals surface area contributed by atoms with Gasteiger partial charge in [0, 0.05) is 12.4 Å². The zero-order valence-electron chi connectivity index (χ0n) is 5.81. The Morgan fingerprint density at radius 3 is 2.50 bits per heavy atom. The zero-order valence-corrected chi connectivity index (χ0v) is 9.80.